The normalized spacial score (nSPS) is 14.9. The number of amides is 1. The molecule has 1 amide bonds. The molecule has 11 heteroatoms. The Hall–Kier alpha value is -4.38. The van der Waals surface area contributed by atoms with Gasteiger partial charge in [0.05, 0.1) is 17.5 Å². The van der Waals surface area contributed by atoms with E-state index in [-0.39, 0.29) is 30.7 Å². The average molecular weight is 509 g/mol. The first kappa shape index (κ1) is 24.3. The van der Waals surface area contributed by atoms with Gasteiger partial charge in [0.1, 0.15) is 5.75 Å². The molecule has 37 heavy (non-hydrogen) atoms. The summed E-state index contributed by atoms with van der Waals surface area (Å²) in [6, 6.07) is 15.9. The number of nitro benzene ring substituents is 1. The lowest BCUT2D eigenvalue weighted by Crippen LogP contribution is -2.49. The highest BCUT2D eigenvalue weighted by molar-refractivity contribution is 5.81. The molecule has 2 aliphatic rings. The fraction of sp³-hybridized carbons (Fsp3) is 0.269. The number of hydrogen-bond donors (Lipinski definition) is 1. The van der Waals surface area contributed by atoms with Crippen LogP contribution in [-0.2, 0) is 11.3 Å². The van der Waals surface area contributed by atoms with Crippen molar-refractivity contribution in [1.29, 1.82) is 0 Å². The maximum absolute atomic E-state index is 14.0. The van der Waals surface area contributed by atoms with E-state index in [1.807, 2.05) is 23.1 Å². The van der Waals surface area contributed by atoms with Crippen LogP contribution >= 0.6 is 0 Å². The van der Waals surface area contributed by atoms with Crippen LogP contribution in [0.1, 0.15) is 5.56 Å². The SMILES string of the molecule is O=C(CNc1ccc(Oc2ccc([N+](=O)[O-])cc2F)cc1)N1CCN(Cc2ccc3c(c2)OCO3)CC1. The van der Waals surface area contributed by atoms with E-state index in [0.29, 0.717) is 24.5 Å². The lowest BCUT2D eigenvalue weighted by molar-refractivity contribution is -0.385. The lowest BCUT2D eigenvalue weighted by atomic mass is 10.1. The first-order chi connectivity index (χ1) is 17.9. The number of piperazine rings is 1. The van der Waals surface area contributed by atoms with Crippen molar-refractivity contribution in [3.63, 3.8) is 0 Å². The van der Waals surface area contributed by atoms with Gasteiger partial charge in [-0.3, -0.25) is 19.8 Å². The first-order valence-corrected chi connectivity index (χ1v) is 11.8. The Kier molecular flexibility index (Phi) is 7.04. The Morgan fingerprint density at radius 1 is 1.00 bits per heavy atom. The van der Waals surface area contributed by atoms with Crippen molar-refractivity contribution in [2.45, 2.75) is 6.54 Å². The molecule has 192 valence electrons. The summed E-state index contributed by atoms with van der Waals surface area (Å²) in [5, 5.41) is 13.8. The molecular formula is C26H25FN4O6. The number of hydrogen-bond acceptors (Lipinski definition) is 8. The summed E-state index contributed by atoms with van der Waals surface area (Å²) in [4.78, 5) is 26.9. The van der Waals surface area contributed by atoms with Crippen molar-refractivity contribution < 1.29 is 28.3 Å². The number of non-ortho nitro benzene ring substituents is 1. The fourth-order valence-electron chi connectivity index (χ4n) is 4.20. The number of carbonyl (C=O) groups excluding carboxylic acids is 1. The zero-order chi connectivity index (χ0) is 25.8. The monoisotopic (exact) mass is 508 g/mol. The largest absolute Gasteiger partial charge is 0.454 e. The smallest absolute Gasteiger partial charge is 0.272 e. The van der Waals surface area contributed by atoms with Crippen LogP contribution in [0.2, 0.25) is 0 Å². The number of rotatable bonds is 8. The minimum atomic E-state index is -0.821. The molecule has 5 rings (SSSR count). The molecule has 1 N–H and O–H groups in total. The summed E-state index contributed by atoms with van der Waals surface area (Å²) in [5.41, 5.74) is 1.51. The highest BCUT2D eigenvalue weighted by atomic mass is 19.1. The number of nitrogens with zero attached hydrogens (tertiary/aromatic N) is 3. The molecule has 0 atom stereocenters. The minimum absolute atomic E-state index is 0.0102. The number of anilines is 1. The summed E-state index contributed by atoms with van der Waals surface area (Å²) in [7, 11) is 0. The summed E-state index contributed by atoms with van der Waals surface area (Å²) >= 11 is 0. The van der Waals surface area contributed by atoms with Gasteiger partial charge >= 0.3 is 0 Å². The van der Waals surface area contributed by atoms with Crippen LogP contribution in [0.3, 0.4) is 0 Å². The van der Waals surface area contributed by atoms with Gasteiger partial charge in [-0.05, 0) is 48.0 Å². The number of benzene rings is 3. The van der Waals surface area contributed by atoms with Crippen LogP contribution in [-0.4, -0.2) is 60.1 Å². The van der Waals surface area contributed by atoms with Gasteiger partial charge in [0.25, 0.3) is 5.69 Å². The van der Waals surface area contributed by atoms with E-state index in [2.05, 4.69) is 10.2 Å². The van der Waals surface area contributed by atoms with Gasteiger partial charge in [-0.1, -0.05) is 6.07 Å². The molecular weight excluding hydrogens is 483 g/mol. The number of halogens is 1. The van der Waals surface area contributed by atoms with Crippen molar-refractivity contribution in [2.24, 2.45) is 0 Å². The second kappa shape index (κ2) is 10.7. The quantitative estimate of drug-likeness (QED) is 0.359. The Bertz CT molecular complexity index is 1290. The van der Waals surface area contributed by atoms with Crippen molar-refractivity contribution in [3.8, 4) is 23.0 Å². The van der Waals surface area contributed by atoms with Crippen LogP contribution in [0.5, 0.6) is 23.0 Å². The van der Waals surface area contributed by atoms with Crippen molar-refractivity contribution in [3.05, 3.63) is 82.2 Å². The number of nitro groups is 1. The van der Waals surface area contributed by atoms with Gasteiger partial charge in [-0.2, -0.15) is 0 Å². The third-order valence-electron chi connectivity index (χ3n) is 6.22. The topological polar surface area (TPSA) is 106 Å². The lowest BCUT2D eigenvalue weighted by Gasteiger charge is -2.35. The van der Waals surface area contributed by atoms with E-state index in [4.69, 9.17) is 14.2 Å². The van der Waals surface area contributed by atoms with Crippen molar-refractivity contribution in [1.82, 2.24) is 9.80 Å². The van der Waals surface area contributed by atoms with Gasteiger partial charge in [0.15, 0.2) is 23.1 Å². The average Bonchev–Trinajstić information content (AvgIpc) is 3.37. The van der Waals surface area contributed by atoms with Gasteiger partial charge in [-0.25, -0.2) is 4.39 Å². The van der Waals surface area contributed by atoms with Crippen LogP contribution in [0.15, 0.2) is 60.7 Å². The summed E-state index contributed by atoms with van der Waals surface area (Å²) < 4.78 is 30.3. The molecule has 10 nitrogen and oxygen atoms in total. The van der Waals surface area contributed by atoms with Crippen LogP contribution in [0.4, 0.5) is 15.8 Å². The molecule has 2 aliphatic heterocycles. The number of carbonyl (C=O) groups is 1. The highest BCUT2D eigenvalue weighted by Gasteiger charge is 2.22. The molecule has 0 spiro atoms. The maximum atomic E-state index is 14.0. The molecule has 0 aliphatic carbocycles. The van der Waals surface area contributed by atoms with Crippen LogP contribution < -0.4 is 19.5 Å². The molecule has 3 aromatic rings. The molecule has 1 fully saturated rings. The molecule has 0 radical (unpaired) electrons. The van der Waals surface area contributed by atoms with Gasteiger partial charge in [-0.15, -0.1) is 0 Å². The van der Waals surface area contributed by atoms with E-state index >= 15 is 0 Å². The van der Waals surface area contributed by atoms with Gasteiger partial charge < -0.3 is 24.4 Å². The molecule has 3 aromatic carbocycles. The predicted octanol–water partition coefficient (Wildman–Crippen LogP) is 4.01. The molecule has 0 aromatic heterocycles. The third-order valence-corrected chi connectivity index (χ3v) is 6.22. The summed E-state index contributed by atoms with van der Waals surface area (Å²) in [6.07, 6.45) is 0. The van der Waals surface area contributed by atoms with E-state index in [1.54, 1.807) is 24.3 Å². The standard InChI is InChI=1S/C26H25FN4O6/c27-22-14-20(31(33)34)4-8-23(22)37-21-5-2-19(3-6-21)28-15-26(32)30-11-9-29(10-12-30)16-18-1-7-24-25(13-18)36-17-35-24/h1-8,13-14,28H,9-12,15-17H2. The molecule has 2 heterocycles. The Labute approximate surface area is 212 Å². The van der Waals surface area contributed by atoms with E-state index in [9.17, 15) is 19.3 Å². The van der Waals surface area contributed by atoms with E-state index in [1.165, 1.54) is 12.1 Å². The zero-order valence-electron chi connectivity index (χ0n) is 19.9. The Morgan fingerprint density at radius 3 is 2.49 bits per heavy atom. The second-order valence-corrected chi connectivity index (χ2v) is 8.70. The molecule has 0 unspecified atom stereocenters. The second-order valence-electron chi connectivity index (χ2n) is 8.70. The van der Waals surface area contributed by atoms with Gasteiger partial charge in [0.2, 0.25) is 12.7 Å². The van der Waals surface area contributed by atoms with Gasteiger partial charge in [0, 0.05) is 44.5 Å². The fourth-order valence-corrected chi connectivity index (χ4v) is 4.20. The highest BCUT2D eigenvalue weighted by Crippen LogP contribution is 2.33. The maximum Gasteiger partial charge on any atom is 0.272 e. The third kappa shape index (κ3) is 5.89. The van der Waals surface area contributed by atoms with Crippen LogP contribution in [0, 0.1) is 15.9 Å². The van der Waals surface area contributed by atoms with Crippen molar-refractivity contribution in [2.75, 3.05) is 44.8 Å². The van der Waals surface area contributed by atoms with Crippen molar-refractivity contribution >= 4 is 17.3 Å². The minimum Gasteiger partial charge on any atom is -0.454 e. The van der Waals surface area contributed by atoms with Crippen LogP contribution in [0.25, 0.3) is 0 Å². The molecule has 0 saturated carbocycles. The predicted molar refractivity (Wildman–Crippen MR) is 132 cm³/mol. The zero-order valence-corrected chi connectivity index (χ0v) is 19.9. The van der Waals surface area contributed by atoms with E-state index < -0.39 is 10.7 Å². The number of nitrogens with one attached hydrogen (secondary N) is 1. The Morgan fingerprint density at radius 2 is 1.76 bits per heavy atom. The molecule has 1 saturated heterocycles. The van der Waals surface area contributed by atoms with E-state index in [0.717, 1.165) is 42.8 Å². The number of ether oxygens (including phenoxy) is 3. The number of fused-ring (bicyclic) bond motifs is 1. The molecule has 0 bridgehead atoms. The summed E-state index contributed by atoms with van der Waals surface area (Å²) in [5.74, 6) is 0.985. The first-order valence-electron chi connectivity index (χ1n) is 11.8. The summed E-state index contributed by atoms with van der Waals surface area (Å²) in [6.45, 7) is 4.07. The Balaban J connectivity index is 1.06.